The lowest BCUT2D eigenvalue weighted by Crippen LogP contribution is -2.34. The third kappa shape index (κ3) is 2.04. The summed E-state index contributed by atoms with van der Waals surface area (Å²) >= 11 is 17.9. The Labute approximate surface area is 110 Å². The number of hydrogen-bond donors (Lipinski definition) is 3. The van der Waals surface area contributed by atoms with Gasteiger partial charge in [0.15, 0.2) is 5.11 Å². The van der Waals surface area contributed by atoms with E-state index < -0.39 is 0 Å². The lowest BCUT2D eigenvalue weighted by molar-refractivity contribution is 1.04. The number of benzene rings is 1. The van der Waals surface area contributed by atoms with Gasteiger partial charge in [0.25, 0.3) is 0 Å². The number of thiocarbonyl (C=S) groups is 1. The molecule has 0 aliphatic carbocycles. The Morgan fingerprint density at radius 2 is 2.00 bits per heavy atom. The van der Waals surface area contributed by atoms with Crippen molar-refractivity contribution in [2.24, 2.45) is 5.84 Å². The van der Waals surface area contributed by atoms with Gasteiger partial charge in [0.2, 0.25) is 0 Å². The van der Waals surface area contributed by atoms with Gasteiger partial charge in [-0.2, -0.15) is 8.75 Å². The van der Waals surface area contributed by atoms with Gasteiger partial charge in [-0.05, 0) is 18.3 Å². The zero-order chi connectivity index (χ0) is 11.7. The van der Waals surface area contributed by atoms with Crippen LogP contribution >= 0.6 is 47.1 Å². The van der Waals surface area contributed by atoms with Crippen molar-refractivity contribution >= 4 is 69.0 Å². The molecule has 5 nitrogen and oxygen atoms in total. The third-order valence-electron chi connectivity index (χ3n) is 1.81. The average Bonchev–Trinajstić information content (AvgIpc) is 2.73. The molecule has 0 unspecified atom stereocenters. The largest absolute Gasteiger partial charge is 0.329 e. The molecule has 0 saturated heterocycles. The highest BCUT2D eigenvalue weighted by molar-refractivity contribution is 7.80. The summed E-state index contributed by atoms with van der Waals surface area (Å²) in [4.78, 5) is 0. The van der Waals surface area contributed by atoms with Crippen LogP contribution in [-0.4, -0.2) is 13.9 Å². The molecule has 1 aromatic heterocycles. The van der Waals surface area contributed by atoms with E-state index in [2.05, 4.69) is 19.5 Å². The summed E-state index contributed by atoms with van der Waals surface area (Å²) in [6, 6.07) is 1.58. The molecule has 4 N–H and O–H groups in total. The van der Waals surface area contributed by atoms with E-state index in [9.17, 15) is 0 Å². The molecule has 1 heterocycles. The number of rotatable bonds is 1. The highest BCUT2D eigenvalue weighted by atomic mass is 35.5. The number of anilines is 1. The molecule has 0 fully saturated rings. The summed E-state index contributed by atoms with van der Waals surface area (Å²) in [5.74, 6) is 5.16. The molecule has 0 aliphatic rings. The van der Waals surface area contributed by atoms with Gasteiger partial charge < -0.3 is 10.7 Å². The molecule has 0 saturated carbocycles. The lowest BCUT2D eigenvalue weighted by Gasteiger charge is -2.09. The van der Waals surface area contributed by atoms with E-state index in [0.29, 0.717) is 26.8 Å². The molecule has 0 bridgehead atoms. The minimum atomic E-state index is 0.235. The maximum absolute atomic E-state index is 6.03. The van der Waals surface area contributed by atoms with E-state index in [1.54, 1.807) is 6.07 Å². The number of nitrogens with one attached hydrogen (secondary N) is 2. The molecule has 2 rings (SSSR count). The molecule has 16 heavy (non-hydrogen) atoms. The van der Waals surface area contributed by atoms with Crippen LogP contribution in [0.3, 0.4) is 0 Å². The Hall–Kier alpha value is -0.730. The van der Waals surface area contributed by atoms with Crippen molar-refractivity contribution < 1.29 is 0 Å². The number of fused-ring (bicyclic) bond motifs is 1. The first-order valence-corrected chi connectivity index (χ1v) is 5.90. The van der Waals surface area contributed by atoms with Gasteiger partial charge in [0.1, 0.15) is 11.0 Å². The van der Waals surface area contributed by atoms with E-state index in [1.165, 1.54) is 0 Å². The van der Waals surface area contributed by atoms with Crippen LogP contribution < -0.4 is 16.6 Å². The second-order valence-corrected chi connectivity index (χ2v) is 4.53. The Balaban J connectivity index is 2.59. The summed E-state index contributed by atoms with van der Waals surface area (Å²) in [7, 11) is 0. The number of aromatic nitrogens is 2. The molecule has 1 aromatic carbocycles. The van der Waals surface area contributed by atoms with Gasteiger partial charge in [-0.25, -0.2) is 5.84 Å². The van der Waals surface area contributed by atoms with Gasteiger partial charge in [-0.15, -0.1) is 0 Å². The summed E-state index contributed by atoms with van der Waals surface area (Å²) in [6.45, 7) is 0. The molecule has 0 aliphatic heterocycles. The van der Waals surface area contributed by atoms with Crippen molar-refractivity contribution in [3.05, 3.63) is 16.1 Å². The minimum absolute atomic E-state index is 0.235. The van der Waals surface area contributed by atoms with Gasteiger partial charge in [0.05, 0.1) is 27.5 Å². The van der Waals surface area contributed by atoms with Crippen molar-refractivity contribution in [1.29, 1.82) is 0 Å². The fraction of sp³-hybridized carbons (Fsp3) is 0. The number of hydrazine groups is 1. The first-order chi connectivity index (χ1) is 7.63. The van der Waals surface area contributed by atoms with Crippen LogP contribution in [0.1, 0.15) is 0 Å². The van der Waals surface area contributed by atoms with Crippen LogP contribution in [0.15, 0.2) is 6.07 Å². The number of halogens is 2. The number of nitrogens with two attached hydrogens (primary N) is 1. The smallest absolute Gasteiger partial charge is 0.185 e. The Morgan fingerprint density at radius 1 is 1.31 bits per heavy atom. The second kappa shape index (κ2) is 4.64. The topological polar surface area (TPSA) is 75.9 Å². The van der Waals surface area contributed by atoms with Gasteiger partial charge in [-0.1, -0.05) is 23.2 Å². The summed E-state index contributed by atoms with van der Waals surface area (Å²) < 4.78 is 8.16. The van der Waals surface area contributed by atoms with Crippen molar-refractivity contribution in [3.63, 3.8) is 0 Å². The van der Waals surface area contributed by atoms with Gasteiger partial charge in [0, 0.05) is 0 Å². The van der Waals surface area contributed by atoms with E-state index >= 15 is 0 Å². The van der Waals surface area contributed by atoms with Crippen LogP contribution in [0, 0.1) is 0 Å². The van der Waals surface area contributed by atoms with E-state index in [0.717, 1.165) is 11.7 Å². The normalized spacial score (nSPS) is 10.4. The number of nitrogens with zero attached hydrogens (tertiary/aromatic N) is 2. The standard InChI is InChI=1S/C7H5Cl2N5S2/c8-2-1-3(9)5-6(14-16-13-5)4(2)11-7(15)12-10/h1H,10H2,(H2,11,12,15). The maximum Gasteiger partial charge on any atom is 0.185 e. The Bertz CT molecular complexity index is 555. The van der Waals surface area contributed by atoms with Gasteiger partial charge in [-0.3, -0.25) is 0 Å². The first kappa shape index (κ1) is 11.7. The highest BCUT2D eigenvalue weighted by Gasteiger charge is 2.14. The second-order valence-electron chi connectivity index (χ2n) is 2.78. The third-order valence-corrected chi connectivity index (χ3v) is 3.15. The fourth-order valence-electron chi connectivity index (χ4n) is 1.14. The molecule has 0 atom stereocenters. The maximum atomic E-state index is 6.03. The molecule has 2 aromatic rings. The fourth-order valence-corrected chi connectivity index (χ4v) is 2.40. The molecular weight excluding hydrogens is 289 g/mol. The first-order valence-electron chi connectivity index (χ1n) is 4.01. The lowest BCUT2D eigenvalue weighted by atomic mass is 10.2. The average molecular weight is 294 g/mol. The molecular formula is C7H5Cl2N5S2. The highest BCUT2D eigenvalue weighted by Crippen LogP contribution is 2.34. The SMILES string of the molecule is NNC(=S)Nc1c(Cl)cc(Cl)c2nsnc12. The zero-order valence-electron chi connectivity index (χ0n) is 7.62. The summed E-state index contributed by atoms with van der Waals surface area (Å²) in [5, 5.41) is 3.92. The molecule has 0 radical (unpaired) electrons. The Kier molecular flexibility index (Phi) is 3.41. The van der Waals surface area contributed by atoms with E-state index in [-0.39, 0.29) is 5.11 Å². The molecule has 0 spiro atoms. The minimum Gasteiger partial charge on any atom is -0.329 e. The monoisotopic (exact) mass is 293 g/mol. The van der Waals surface area contributed by atoms with Crippen LogP contribution in [0.25, 0.3) is 11.0 Å². The predicted molar refractivity (Wildman–Crippen MR) is 71.0 cm³/mol. The summed E-state index contributed by atoms with van der Waals surface area (Å²) in [5.41, 5.74) is 3.99. The van der Waals surface area contributed by atoms with Crippen LogP contribution in [0.4, 0.5) is 5.69 Å². The van der Waals surface area contributed by atoms with Crippen molar-refractivity contribution in [1.82, 2.24) is 14.2 Å². The van der Waals surface area contributed by atoms with Crippen molar-refractivity contribution in [3.8, 4) is 0 Å². The quantitative estimate of drug-likeness (QED) is 0.425. The van der Waals surface area contributed by atoms with E-state index in [4.69, 9.17) is 41.3 Å². The van der Waals surface area contributed by atoms with E-state index in [1.807, 2.05) is 0 Å². The van der Waals surface area contributed by atoms with Crippen molar-refractivity contribution in [2.45, 2.75) is 0 Å². The zero-order valence-corrected chi connectivity index (χ0v) is 10.8. The van der Waals surface area contributed by atoms with Crippen LogP contribution in [-0.2, 0) is 0 Å². The van der Waals surface area contributed by atoms with Gasteiger partial charge >= 0.3 is 0 Å². The summed E-state index contributed by atoms with van der Waals surface area (Å²) in [6.07, 6.45) is 0. The molecule has 9 heteroatoms. The van der Waals surface area contributed by atoms with Crippen LogP contribution in [0.2, 0.25) is 10.0 Å². The Morgan fingerprint density at radius 3 is 2.69 bits per heavy atom. The predicted octanol–water partition coefficient (Wildman–Crippen LogP) is 2.16. The van der Waals surface area contributed by atoms with Crippen molar-refractivity contribution in [2.75, 3.05) is 5.32 Å². The molecule has 84 valence electrons. The van der Waals surface area contributed by atoms with Crippen LogP contribution in [0.5, 0.6) is 0 Å². The molecule has 0 amide bonds. The number of hydrogen-bond acceptors (Lipinski definition) is 5.